The molecule has 0 aliphatic carbocycles. The largest absolute Gasteiger partial charge is 0.356 e. The van der Waals surface area contributed by atoms with E-state index in [-0.39, 0.29) is 18.4 Å². The van der Waals surface area contributed by atoms with E-state index in [1.807, 2.05) is 48.5 Å². The molecule has 6 heteroatoms. The van der Waals surface area contributed by atoms with Gasteiger partial charge in [0.1, 0.15) is 6.61 Å². The minimum absolute atomic E-state index is 0.0957. The number of hydrogen-bond donors (Lipinski definition) is 1. The van der Waals surface area contributed by atoms with E-state index in [1.165, 1.54) is 0 Å². The summed E-state index contributed by atoms with van der Waals surface area (Å²) < 4.78 is 5.55. The number of carbonyl (C=O) groups excluding carboxylic acids is 2. The first-order chi connectivity index (χ1) is 11.7. The van der Waals surface area contributed by atoms with Crippen LogP contribution in [-0.2, 0) is 20.9 Å². The summed E-state index contributed by atoms with van der Waals surface area (Å²) in [5.41, 5.74) is 1.63. The Bertz CT molecular complexity index is 706. The summed E-state index contributed by atoms with van der Waals surface area (Å²) in [5, 5.41) is 2.84. The summed E-state index contributed by atoms with van der Waals surface area (Å²) in [5.74, 6) is -0.397. The van der Waals surface area contributed by atoms with Crippen LogP contribution in [-0.4, -0.2) is 41.5 Å². The Labute approximate surface area is 140 Å². The predicted molar refractivity (Wildman–Crippen MR) is 87.8 cm³/mol. The third-order valence-corrected chi connectivity index (χ3v) is 4.05. The number of rotatable bonds is 4. The maximum Gasteiger partial charge on any atom is 0.252 e. The summed E-state index contributed by atoms with van der Waals surface area (Å²) in [4.78, 5) is 30.3. The molecule has 0 bridgehead atoms. The second kappa shape index (κ2) is 7.23. The standard InChI is InChI=1S/C18H19N3O3/c1-21-15(22)12-24-17(16(21)13-7-3-2-4-8-13)18(23)20-11-14-9-5-6-10-19-14/h2-10,16-17H,11-12H2,1H3,(H,20,23)/t16-,17+/m1/s1. The molecule has 2 aromatic rings. The Morgan fingerprint density at radius 3 is 2.71 bits per heavy atom. The van der Waals surface area contributed by atoms with Gasteiger partial charge in [0, 0.05) is 13.2 Å². The van der Waals surface area contributed by atoms with Crippen molar-refractivity contribution >= 4 is 11.8 Å². The van der Waals surface area contributed by atoms with Gasteiger partial charge in [-0.3, -0.25) is 14.6 Å². The van der Waals surface area contributed by atoms with Crippen molar-refractivity contribution < 1.29 is 14.3 Å². The molecule has 1 N–H and O–H groups in total. The minimum atomic E-state index is -0.751. The maximum atomic E-state index is 12.6. The van der Waals surface area contributed by atoms with E-state index in [2.05, 4.69) is 10.3 Å². The van der Waals surface area contributed by atoms with Crippen LogP contribution >= 0.6 is 0 Å². The number of benzene rings is 1. The molecule has 1 aromatic carbocycles. The van der Waals surface area contributed by atoms with Gasteiger partial charge < -0.3 is 15.0 Å². The number of pyridine rings is 1. The molecule has 1 aliphatic heterocycles. The average Bonchev–Trinajstić information content (AvgIpc) is 2.63. The summed E-state index contributed by atoms with van der Waals surface area (Å²) in [6.45, 7) is 0.222. The lowest BCUT2D eigenvalue weighted by molar-refractivity contribution is -0.162. The van der Waals surface area contributed by atoms with Crippen LogP contribution in [0.3, 0.4) is 0 Å². The normalized spacial score (nSPS) is 20.7. The van der Waals surface area contributed by atoms with E-state index in [4.69, 9.17) is 4.74 Å². The van der Waals surface area contributed by atoms with Crippen molar-refractivity contribution in [2.75, 3.05) is 13.7 Å². The summed E-state index contributed by atoms with van der Waals surface area (Å²) in [7, 11) is 1.70. The van der Waals surface area contributed by atoms with Gasteiger partial charge in [0.15, 0.2) is 6.10 Å². The van der Waals surface area contributed by atoms with Crippen LogP contribution in [0.4, 0.5) is 0 Å². The average molecular weight is 325 g/mol. The lowest BCUT2D eigenvalue weighted by Gasteiger charge is -2.38. The van der Waals surface area contributed by atoms with E-state index in [0.717, 1.165) is 11.3 Å². The number of nitrogens with one attached hydrogen (secondary N) is 1. The number of aromatic nitrogens is 1. The Morgan fingerprint density at radius 1 is 1.25 bits per heavy atom. The Hall–Kier alpha value is -2.73. The molecular formula is C18H19N3O3. The minimum Gasteiger partial charge on any atom is -0.356 e. The quantitative estimate of drug-likeness (QED) is 0.920. The van der Waals surface area contributed by atoms with Gasteiger partial charge in [0.2, 0.25) is 5.91 Å². The number of likely N-dealkylation sites (N-methyl/N-ethyl adjacent to an activating group) is 1. The van der Waals surface area contributed by atoms with Gasteiger partial charge in [0.25, 0.3) is 5.91 Å². The second-order valence-electron chi connectivity index (χ2n) is 5.63. The summed E-state index contributed by atoms with van der Waals surface area (Å²) in [6.07, 6.45) is 0.927. The first-order valence-corrected chi connectivity index (χ1v) is 7.76. The van der Waals surface area contributed by atoms with Crippen molar-refractivity contribution in [2.45, 2.75) is 18.7 Å². The van der Waals surface area contributed by atoms with E-state index in [1.54, 1.807) is 18.1 Å². The Kier molecular flexibility index (Phi) is 4.86. The summed E-state index contributed by atoms with van der Waals surface area (Å²) in [6, 6.07) is 14.5. The predicted octanol–water partition coefficient (Wildman–Crippen LogP) is 1.30. The molecular weight excluding hydrogens is 306 g/mol. The van der Waals surface area contributed by atoms with Crippen molar-refractivity contribution in [1.29, 1.82) is 0 Å². The fourth-order valence-corrected chi connectivity index (χ4v) is 2.76. The van der Waals surface area contributed by atoms with Crippen LogP contribution in [0.15, 0.2) is 54.7 Å². The number of carbonyl (C=O) groups is 2. The van der Waals surface area contributed by atoms with E-state index >= 15 is 0 Å². The first kappa shape index (κ1) is 16.1. The molecule has 0 unspecified atom stereocenters. The van der Waals surface area contributed by atoms with E-state index in [9.17, 15) is 9.59 Å². The molecule has 0 saturated carbocycles. The molecule has 1 fully saturated rings. The number of ether oxygens (including phenoxy) is 1. The number of nitrogens with zero attached hydrogens (tertiary/aromatic N) is 2. The molecule has 3 rings (SSSR count). The molecule has 0 spiro atoms. The zero-order valence-corrected chi connectivity index (χ0v) is 13.4. The third kappa shape index (κ3) is 3.44. The topological polar surface area (TPSA) is 71.5 Å². The lowest BCUT2D eigenvalue weighted by Crippen LogP contribution is -2.52. The number of morpholine rings is 1. The van der Waals surface area contributed by atoms with Gasteiger partial charge >= 0.3 is 0 Å². The Balaban J connectivity index is 1.76. The molecule has 124 valence electrons. The van der Waals surface area contributed by atoms with Crippen LogP contribution in [0.1, 0.15) is 17.3 Å². The van der Waals surface area contributed by atoms with E-state index < -0.39 is 12.1 Å². The summed E-state index contributed by atoms with van der Waals surface area (Å²) >= 11 is 0. The van der Waals surface area contributed by atoms with Crippen molar-refractivity contribution in [3.63, 3.8) is 0 Å². The highest BCUT2D eigenvalue weighted by atomic mass is 16.5. The molecule has 2 amide bonds. The Morgan fingerprint density at radius 2 is 2.00 bits per heavy atom. The first-order valence-electron chi connectivity index (χ1n) is 7.76. The maximum absolute atomic E-state index is 12.6. The molecule has 0 radical (unpaired) electrons. The highest BCUT2D eigenvalue weighted by Gasteiger charge is 2.39. The molecule has 2 heterocycles. The monoisotopic (exact) mass is 325 g/mol. The molecule has 1 aromatic heterocycles. The van der Waals surface area contributed by atoms with Crippen LogP contribution in [0.5, 0.6) is 0 Å². The highest BCUT2D eigenvalue weighted by molar-refractivity contribution is 5.86. The number of hydrogen-bond acceptors (Lipinski definition) is 4. The van der Waals surface area contributed by atoms with Gasteiger partial charge in [-0.2, -0.15) is 0 Å². The van der Waals surface area contributed by atoms with E-state index in [0.29, 0.717) is 6.54 Å². The molecule has 2 atom stereocenters. The third-order valence-electron chi connectivity index (χ3n) is 4.05. The SMILES string of the molecule is CN1C(=O)CO[C@H](C(=O)NCc2ccccn2)[C@H]1c1ccccc1. The van der Waals surface area contributed by atoms with Crippen molar-refractivity contribution in [3.8, 4) is 0 Å². The van der Waals surface area contributed by atoms with Gasteiger partial charge in [-0.1, -0.05) is 36.4 Å². The van der Waals surface area contributed by atoms with Crippen LogP contribution in [0.2, 0.25) is 0 Å². The zero-order chi connectivity index (χ0) is 16.9. The number of amides is 2. The van der Waals surface area contributed by atoms with Crippen LogP contribution in [0, 0.1) is 0 Å². The van der Waals surface area contributed by atoms with Crippen molar-refractivity contribution in [2.24, 2.45) is 0 Å². The van der Waals surface area contributed by atoms with Gasteiger partial charge in [-0.25, -0.2) is 0 Å². The zero-order valence-electron chi connectivity index (χ0n) is 13.4. The van der Waals surface area contributed by atoms with Crippen LogP contribution in [0.25, 0.3) is 0 Å². The molecule has 1 aliphatic rings. The fourth-order valence-electron chi connectivity index (χ4n) is 2.76. The lowest BCUT2D eigenvalue weighted by atomic mass is 9.97. The van der Waals surface area contributed by atoms with Crippen molar-refractivity contribution in [3.05, 3.63) is 66.0 Å². The molecule has 1 saturated heterocycles. The van der Waals surface area contributed by atoms with Crippen LogP contribution < -0.4 is 5.32 Å². The fraction of sp³-hybridized carbons (Fsp3) is 0.278. The van der Waals surface area contributed by atoms with Gasteiger partial charge in [-0.05, 0) is 17.7 Å². The van der Waals surface area contributed by atoms with Gasteiger partial charge in [-0.15, -0.1) is 0 Å². The second-order valence-corrected chi connectivity index (χ2v) is 5.63. The van der Waals surface area contributed by atoms with Crippen molar-refractivity contribution in [1.82, 2.24) is 15.2 Å². The smallest absolute Gasteiger partial charge is 0.252 e. The molecule has 6 nitrogen and oxygen atoms in total. The molecule has 24 heavy (non-hydrogen) atoms. The van der Waals surface area contributed by atoms with Gasteiger partial charge in [0.05, 0.1) is 18.3 Å². The highest BCUT2D eigenvalue weighted by Crippen LogP contribution is 2.29.